The maximum Gasteiger partial charge on any atom is 0.435 e. The Morgan fingerprint density at radius 1 is 0.739 bits per heavy atom. The van der Waals surface area contributed by atoms with Crippen LogP contribution in [0.25, 0.3) is 38.5 Å². The molecule has 1 aromatic heterocycles. The predicted molar refractivity (Wildman–Crippen MR) is 170 cm³/mol. The first-order chi connectivity index (χ1) is 22.2. The van der Waals surface area contributed by atoms with E-state index in [1.54, 1.807) is 23.1 Å². The van der Waals surface area contributed by atoms with E-state index in [9.17, 15) is 28.1 Å². The van der Waals surface area contributed by atoms with Crippen LogP contribution in [0.4, 0.5) is 24.5 Å². The zero-order valence-corrected chi connectivity index (χ0v) is 24.3. The molecule has 0 bridgehead atoms. The fourth-order valence-electron chi connectivity index (χ4n) is 6.00. The summed E-state index contributed by atoms with van der Waals surface area (Å²) in [5.41, 5.74) is 1.42. The molecular formula is C35H26F3N5O3. The zero-order valence-electron chi connectivity index (χ0n) is 24.3. The van der Waals surface area contributed by atoms with Crippen molar-refractivity contribution < 1.29 is 22.9 Å². The maximum absolute atomic E-state index is 13.9. The van der Waals surface area contributed by atoms with Crippen LogP contribution >= 0.6 is 0 Å². The third kappa shape index (κ3) is 5.40. The molecule has 0 N–H and O–H groups in total. The first kappa shape index (κ1) is 29.0. The number of alkyl halides is 3. The standard InChI is InChI=1S/C35H26F3N5O3/c36-35(37,38)33-22-32(25-10-15-31-24(20-25)9-8-23-4-1-2-7-30(23)31)42(39-33)28-13-11-27(12-14-28)40-16-18-41(19-17-40)34(44)26-5-3-6-29(21-26)43(45)46/h1-15,20-22H,16-19H2. The van der Waals surface area contributed by atoms with Crippen LogP contribution in [0.5, 0.6) is 0 Å². The van der Waals surface area contributed by atoms with Crippen molar-refractivity contribution in [2.75, 3.05) is 31.1 Å². The van der Waals surface area contributed by atoms with Crippen LogP contribution in [0.15, 0.2) is 109 Å². The van der Waals surface area contributed by atoms with Gasteiger partial charge >= 0.3 is 6.18 Å². The minimum atomic E-state index is -4.62. The molecule has 1 aliphatic rings. The first-order valence-electron chi connectivity index (χ1n) is 14.6. The highest BCUT2D eigenvalue weighted by atomic mass is 19.4. The van der Waals surface area contributed by atoms with Crippen molar-refractivity contribution in [3.8, 4) is 16.9 Å². The number of halogens is 3. The highest BCUT2D eigenvalue weighted by Gasteiger charge is 2.35. The number of hydrogen-bond acceptors (Lipinski definition) is 5. The molecular weight excluding hydrogens is 595 g/mol. The van der Waals surface area contributed by atoms with Gasteiger partial charge in [-0.3, -0.25) is 14.9 Å². The number of nitro groups is 1. The minimum Gasteiger partial charge on any atom is -0.368 e. The molecule has 8 nitrogen and oxygen atoms in total. The van der Waals surface area contributed by atoms with Crippen LogP contribution in [0.2, 0.25) is 0 Å². The summed E-state index contributed by atoms with van der Waals surface area (Å²) in [5, 5.41) is 19.2. The molecule has 0 radical (unpaired) electrons. The number of nitrogens with zero attached hydrogens (tertiary/aromatic N) is 5. The third-order valence-corrected chi connectivity index (χ3v) is 8.37. The highest BCUT2D eigenvalue weighted by Crippen LogP contribution is 2.36. The Kier molecular flexibility index (Phi) is 7.15. The van der Waals surface area contributed by atoms with Crippen molar-refractivity contribution in [1.82, 2.24) is 14.7 Å². The van der Waals surface area contributed by atoms with Crippen molar-refractivity contribution in [2.45, 2.75) is 6.18 Å². The van der Waals surface area contributed by atoms with E-state index < -0.39 is 16.8 Å². The second kappa shape index (κ2) is 11.3. The summed E-state index contributed by atoms with van der Waals surface area (Å²) in [6.45, 7) is 1.88. The molecule has 7 rings (SSSR count). The lowest BCUT2D eigenvalue weighted by Gasteiger charge is -2.36. The SMILES string of the molecule is O=C(c1cccc([N+](=O)[O-])c1)N1CCN(c2ccc(-n3nc(C(F)(F)F)cc3-c3ccc4c(ccc5ccccc54)c3)cc2)CC1. The number of benzene rings is 5. The lowest BCUT2D eigenvalue weighted by atomic mass is 9.99. The first-order valence-corrected chi connectivity index (χ1v) is 14.6. The number of hydrogen-bond donors (Lipinski definition) is 0. The Morgan fingerprint density at radius 2 is 1.43 bits per heavy atom. The monoisotopic (exact) mass is 621 g/mol. The van der Waals surface area contributed by atoms with Crippen molar-refractivity contribution in [1.29, 1.82) is 0 Å². The fourth-order valence-corrected chi connectivity index (χ4v) is 6.00. The van der Waals surface area contributed by atoms with E-state index in [2.05, 4.69) is 10.00 Å². The molecule has 11 heteroatoms. The molecule has 0 aliphatic carbocycles. The molecule has 1 fully saturated rings. The summed E-state index contributed by atoms with van der Waals surface area (Å²) in [4.78, 5) is 27.3. The van der Waals surface area contributed by atoms with Gasteiger partial charge in [0.15, 0.2) is 5.69 Å². The zero-order chi connectivity index (χ0) is 32.0. The Labute approximate surface area is 261 Å². The molecule has 0 atom stereocenters. The number of amides is 1. The molecule has 230 valence electrons. The average Bonchev–Trinajstić information content (AvgIpc) is 3.54. The summed E-state index contributed by atoms with van der Waals surface area (Å²) in [6.07, 6.45) is -4.62. The maximum atomic E-state index is 13.9. The van der Waals surface area contributed by atoms with E-state index in [1.807, 2.05) is 66.7 Å². The summed E-state index contributed by atoms with van der Waals surface area (Å²) in [7, 11) is 0. The van der Waals surface area contributed by atoms with Gasteiger partial charge in [0.25, 0.3) is 11.6 Å². The number of fused-ring (bicyclic) bond motifs is 3. The fraction of sp³-hybridized carbons (Fsp3) is 0.143. The second-order valence-electron chi connectivity index (χ2n) is 11.2. The van der Waals surface area contributed by atoms with Gasteiger partial charge < -0.3 is 9.80 Å². The normalized spacial score (nSPS) is 13.8. The molecule has 46 heavy (non-hydrogen) atoms. The Bertz CT molecular complexity index is 2120. The molecule has 0 saturated carbocycles. The summed E-state index contributed by atoms with van der Waals surface area (Å²) in [5.74, 6) is -0.271. The minimum absolute atomic E-state index is 0.137. The van der Waals surface area contributed by atoms with Crippen LogP contribution < -0.4 is 4.90 Å². The molecule has 1 saturated heterocycles. The molecule has 0 spiro atoms. The molecule has 2 heterocycles. The van der Waals surface area contributed by atoms with Gasteiger partial charge in [-0.2, -0.15) is 18.3 Å². The van der Waals surface area contributed by atoms with Crippen molar-refractivity contribution in [2.24, 2.45) is 0 Å². The Hall–Kier alpha value is -5.71. The van der Waals surface area contributed by atoms with Crippen molar-refractivity contribution in [3.05, 3.63) is 131 Å². The van der Waals surface area contributed by atoms with Gasteiger partial charge in [-0.1, -0.05) is 54.6 Å². The van der Waals surface area contributed by atoms with E-state index in [0.717, 1.165) is 33.3 Å². The summed E-state index contributed by atoms with van der Waals surface area (Å²) >= 11 is 0. The van der Waals surface area contributed by atoms with Gasteiger partial charge in [0.1, 0.15) is 0 Å². The third-order valence-electron chi connectivity index (χ3n) is 8.37. The number of anilines is 1. The van der Waals surface area contributed by atoms with E-state index in [1.165, 1.54) is 22.9 Å². The number of nitro benzene ring substituents is 1. The van der Waals surface area contributed by atoms with Gasteiger partial charge in [0.2, 0.25) is 0 Å². The molecule has 5 aromatic carbocycles. The van der Waals surface area contributed by atoms with Crippen molar-refractivity contribution >= 4 is 38.8 Å². The lowest BCUT2D eigenvalue weighted by Crippen LogP contribution is -2.48. The number of carbonyl (C=O) groups is 1. The van der Waals surface area contributed by atoms with E-state index in [0.29, 0.717) is 43.1 Å². The number of rotatable bonds is 5. The number of piperazine rings is 1. The Balaban J connectivity index is 1.13. The number of non-ortho nitro benzene ring substituents is 1. The van der Waals surface area contributed by atoms with Gasteiger partial charge in [-0.05, 0) is 64.0 Å². The average molecular weight is 622 g/mol. The van der Waals surface area contributed by atoms with Crippen LogP contribution in [-0.4, -0.2) is 51.7 Å². The van der Waals surface area contributed by atoms with Gasteiger partial charge in [0.05, 0.1) is 16.3 Å². The topological polar surface area (TPSA) is 84.5 Å². The van der Waals surface area contributed by atoms with Gasteiger partial charge in [-0.15, -0.1) is 0 Å². The largest absolute Gasteiger partial charge is 0.435 e. The van der Waals surface area contributed by atoms with Gasteiger partial charge in [0, 0.05) is 55.1 Å². The van der Waals surface area contributed by atoms with E-state index in [4.69, 9.17) is 0 Å². The molecule has 6 aromatic rings. The molecule has 1 amide bonds. The van der Waals surface area contributed by atoms with Gasteiger partial charge in [-0.25, -0.2) is 4.68 Å². The highest BCUT2D eigenvalue weighted by molar-refractivity contribution is 6.08. The molecule has 0 unspecified atom stereocenters. The summed E-state index contributed by atoms with van der Waals surface area (Å²) in [6, 6.07) is 31.5. The quantitative estimate of drug-likeness (QED) is 0.112. The molecule has 1 aliphatic heterocycles. The smallest absolute Gasteiger partial charge is 0.368 e. The van der Waals surface area contributed by atoms with E-state index >= 15 is 0 Å². The van der Waals surface area contributed by atoms with E-state index in [-0.39, 0.29) is 17.2 Å². The Morgan fingerprint density at radius 3 is 2.17 bits per heavy atom. The number of carbonyl (C=O) groups excluding carboxylic acids is 1. The number of aromatic nitrogens is 2. The summed E-state index contributed by atoms with van der Waals surface area (Å²) < 4.78 is 42.9. The van der Waals surface area contributed by atoms with Crippen LogP contribution in [0, 0.1) is 10.1 Å². The second-order valence-corrected chi connectivity index (χ2v) is 11.2. The van der Waals surface area contributed by atoms with Crippen LogP contribution in [-0.2, 0) is 6.18 Å². The lowest BCUT2D eigenvalue weighted by molar-refractivity contribution is -0.384. The van der Waals surface area contributed by atoms with Crippen LogP contribution in [0.3, 0.4) is 0 Å². The predicted octanol–water partition coefficient (Wildman–Crippen LogP) is 7.74. The van der Waals surface area contributed by atoms with Crippen LogP contribution in [0.1, 0.15) is 16.1 Å². The van der Waals surface area contributed by atoms with Crippen molar-refractivity contribution in [3.63, 3.8) is 0 Å².